The normalized spacial score (nSPS) is 11.4. The first-order valence-corrected chi connectivity index (χ1v) is 25.5. The average molecular weight is 1020 g/mol. The van der Waals surface area contributed by atoms with Gasteiger partial charge in [0.25, 0.3) is 0 Å². The highest BCUT2D eigenvalue weighted by Gasteiger charge is 2.28. The van der Waals surface area contributed by atoms with Crippen LogP contribution in [0, 0.1) is 0 Å². The molecule has 0 amide bonds. The SMILES string of the molecule is c1ccc(-c2ccn(Cc3c(Cn4ccc(-c5ccccn5)n4)c(Cn4ccc(-c5ccccn5)n4)c(Cn4ccc(-c5ccccn5)n4)c(Cn4ccc(-c5ccccn5)n4)c3Cn3ccc(-c4ccccn4)n3)n2)nc1. The quantitative estimate of drug-likeness (QED) is 0.0794. The third-order valence-corrected chi connectivity index (χ3v) is 13.5. The Bertz CT molecular complexity index is 3380. The highest BCUT2D eigenvalue weighted by Crippen LogP contribution is 2.35. The molecule has 13 rings (SSSR count). The zero-order valence-corrected chi connectivity index (χ0v) is 42.1. The summed E-state index contributed by atoms with van der Waals surface area (Å²) >= 11 is 0. The largest absolute Gasteiger partial charge is 0.268 e. The zero-order valence-electron chi connectivity index (χ0n) is 42.1. The standard InChI is InChI=1S/C60H48N18/c1-7-25-61-49(13-1)55-19-31-73(67-55)37-43-44(38-74-32-20-56(68-74)50-14-2-8-26-62-50)46(40-76-34-22-58(70-76)52-16-4-10-28-64-52)48(42-78-36-24-60(72-78)54-18-6-12-30-66-54)47(41-77-35-23-59(71-77)53-17-5-11-29-65-53)45(43)39-75-33-21-57(69-75)51-15-3-9-27-63-51/h1-36H,37-42H2. The minimum absolute atomic E-state index is 0.378. The van der Waals surface area contributed by atoms with Crippen molar-refractivity contribution in [3.8, 4) is 68.3 Å². The molecule has 0 aliphatic heterocycles. The maximum atomic E-state index is 5.21. The molecule has 0 saturated heterocycles. The smallest absolute Gasteiger partial charge is 0.111 e. The van der Waals surface area contributed by atoms with E-state index in [0.717, 1.165) is 102 Å². The third-order valence-electron chi connectivity index (χ3n) is 13.5. The van der Waals surface area contributed by atoms with Gasteiger partial charge in [-0.05, 0) is 143 Å². The van der Waals surface area contributed by atoms with Crippen LogP contribution >= 0.6 is 0 Å². The molecule has 0 N–H and O–H groups in total. The number of benzene rings is 1. The lowest BCUT2D eigenvalue weighted by Gasteiger charge is -2.28. The van der Waals surface area contributed by atoms with Gasteiger partial charge in [-0.1, -0.05) is 36.4 Å². The molecule has 0 saturated carbocycles. The maximum absolute atomic E-state index is 5.21. The van der Waals surface area contributed by atoms with Gasteiger partial charge >= 0.3 is 0 Å². The molecule has 0 unspecified atom stereocenters. The molecular weight excluding hydrogens is 973 g/mol. The number of nitrogens with zero attached hydrogens (tertiary/aromatic N) is 18. The van der Waals surface area contributed by atoms with Gasteiger partial charge in [0.1, 0.15) is 34.2 Å². The van der Waals surface area contributed by atoms with Crippen LogP contribution in [0.1, 0.15) is 33.4 Å². The Balaban J connectivity index is 1.07. The fraction of sp³-hybridized carbons (Fsp3) is 0.100. The molecule has 0 aliphatic rings. The van der Waals surface area contributed by atoms with Crippen molar-refractivity contribution in [2.45, 2.75) is 39.3 Å². The van der Waals surface area contributed by atoms with E-state index in [4.69, 9.17) is 30.6 Å². The van der Waals surface area contributed by atoms with E-state index in [0.29, 0.717) is 39.3 Å². The van der Waals surface area contributed by atoms with Crippen molar-refractivity contribution in [2.75, 3.05) is 0 Å². The summed E-state index contributed by atoms with van der Waals surface area (Å²) in [4.78, 5) is 28.0. The van der Waals surface area contributed by atoms with E-state index in [1.807, 2.05) is 211 Å². The van der Waals surface area contributed by atoms with Gasteiger partial charge in [0.05, 0.1) is 73.4 Å². The molecule has 18 nitrogen and oxygen atoms in total. The Labute approximate surface area is 447 Å². The highest BCUT2D eigenvalue weighted by molar-refractivity contribution is 5.59. The molecule has 12 heterocycles. The molecule has 1 aromatic carbocycles. The first-order chi connectivity index (χ1) is 38.6. The van der Waals surface area contributed by atoms with Gasteiger partial charge in [-0.3, -0.25) is 58.0 Å². The number of hydrogen-bond acceptors (Lipinski definition) is 12. The summed E-state index contributed by atoms with van der Waals surface area (Å²) in [6.45, 7) is 2.27. The zero-order chi connectivity index (χ0) is 52.0. The van der Waals surface area contributed by atoms with Gasteiger partial charge in [-0.25, -0.2) is 0 Å². The minimum Gasteiger partial charge on any atom is -0.268 e. The predicted octanol–water partition coefficient (Wildman–Crippen LogP) is 9.53. The summed E-state index contributed by atoms with van der Waals surface area (Å²) in [7, 11) is 0. The van der Waals surface area contributed by atoms with Crippen LogP contribution in [0.4, 0.5) is 0 Å². The van der Waals surface area contributed by atoms with Gasteiger partial charge in [0.15, 0.2) is 0 Å². The van der Waals surface area contributed by atoms with E-state index >= 15 is 0 Å². The van der Waals surface area contributed by atoms with Crippen LogP contribution in [0.5, 0.6) is 0 Å². The van der Waals surface area contributed by atoms with Gasteiger partial charge in [-0.2, -0.15) is 30.6 Å². The van der Waals surface area contributed by atoms with Gasteiger partial charge in [0, 0.05) is 74.4 Å². The number of aromatic nitrogens is 18. The first kappa shape index (κ1) is 47.1. The lowest BCUT2D eigenvalue weighted by atomic mass is 9.85. The van der Waals surface area contributed by atoms with Crippen molar-refractivity contribution in [2.24, 2.45) is 0 Å². The van der Waals surface area contributed by atoms with Crippen LogP contribution < -0.4 is 0 Å². The number of hydrogen-bond donors (Lipinski definition) is 0. The van der Waals surface area contributed by atoms with E-state index in [-0.39, 0.29) is 0 Å². The average Bonchev–Trinajstić information content (AvgIpc) is 4.41. The van der Waals surface area contributed by atoms with Crippen molar-refractivity contribution >= 4 is 0 Å². The molecule has 0 atom stereocenters. The molecule has 18 heteroatoms. The Morgan fingerprint density at radius 2 is 0.359 bits per heavy atom. The van der Waals surface area contributed by atoms with E-state index in [9.17, 15) is 0 Å². The fourth-order valence-corrected chi connectivity index (χ4v) is 9.81. The topological polar surface area (TPSA) is 184 Å². The van der Waals surface area contributed by atoms with Crippen LogP contribution in [0.25, 0.3) is 68.3 Å². The minimum atomic E-state index is 0.378. The third kappa shape index (κ3) is 10.2. The van der Waals surface area contributed by atoms with E-state index in [2.05, 4.69) is 29.9 Å². The van der Waals surface area contributed by atoms with Gasteiger partial charge in [-0.15, -0.1) is 0 Å². The molecule has 0 aliphatic carbocycles. The lowest BCUT2D eigenvalue weighted by molar-refractivity contribution is 0.588. The summed E-state index contributed by atoms with van der Waals surface area (Å²) in [6.07, 6.45) is 22.9. The van der Waals surface area contributed by atoms with E-state index < -0.39 is 0 Å². The van der Waals surface area contributed by atoms with E-state index in [1.54, 1.807) is 37.2 Å². The molecule has 13 aromatic rings. The summed E-state index contributed by atoms with van der Waals surface area (Å²) < 4.78 is 12.0. The Morgan fingerprint density at radius 3 is 0.500 bits per heavy atom. The molecule has 0 radical (unpaired) electrons. The van der Waals surface area contributed by atoms with Crippen LogP contribution in [0.2, 0.25) is 0 Å². The molecule has 12 aromatic heterocycles. The maximum Gasteiger partial charge on any atom is 0.111 e. The van der Waals surface area contributed by atoms with Gasteiger partial charge in [0.2, 0.25) is 0 Å². The molecule has 378 valence electrons. The van der Waals surface area contributed by atoms with E-state index in [1.165, 1.54) is 0 Å². The Kier molecular flexibility index (Phi) is 12.9. The van der Waals surface area contributed by atoms with Crippen LogP contribution in [0.15, 0.2) is 220 Å². The monoisotopic (exact) mass is 1020 g/mol. The predicted molar refractivity (Wildman–Crippen MR) is 294 cm³/mol. The molecule has 0 spiro atoms. The summed E-state index contributed by atoms with van der Waals surface area (Å²) in [5.41, 5.74) is 15.4. The molecular formula is C60H48N18. The summed E-state index contributed by atoms with van der Waals surface area (Å²) in [5.74, 6) is 0. The Hall–Kier alpha value is -10.6. The van der Waals surface area contributed by atoms with Crippen LogP contribution in [0.3, 0.4) is 0 Å². The molecule has 78 heavy (non-hydrogen) atoms. The van der Waals surface area contributed by atoms with Crippen molar-refractivity contribution in [1.82, 2.24) is 88.6 Å². The molecule has 0 fully saturated rings. The van der Waals surface area contributed by atoms with Crippen LogP contribution in [-0.4, -0.2) is 88.6 Å². The summed E-state index contributed by atoms with van der Waals surface area (Å²) in [6, 6.07) is 47.3. The van der Waals surface area contributed by atoms with Crippen LogP contribution in [-0.2, 0) is 39.3 Å². The van der Waals surface area contributed by atoms with Crippen molar-refractivity contribution in [1.29, 1.82) is 0 Å². The lowest BCUT2D eigenvalue weighted by Crippen LogP contribution is -2.23. The second kappa shape index (κ2) is 21.3. The number of rotatable bonds is 18. The summed E-state index contributed by atoms with van der Waals surface area (Å²) in [5, 5.41) is 31.2. The van der Waals surface area contributed by atoms with Crippen molar-refractivity contribution in [3.63, 3.8) is 0 Å². The second-order valence-corrected chi connectivity index (χ2v) is 18.6. The Morgan fingerprint density at radius 1 is 0.192 bits per heavy atom. The number of pyridine rings is 6. The first-order valence-electron chi connectivity index (χ1n) is 25.5. The fourth-order valence-electron chi connectivity index (χ4n) is 9.81. The van der Waals surface area contributed by atoms with Crippen molar-refractivity contribution < 1.29 is 0 Å². The van der Waals surface area contributed by atoms with Crippen molar-refractivity contribution in [3.05, 3.63) is 253 Å². The molecule has 0 bridgehead atoms. The highest BCUT2D eigenvalue weighted by atomic mass is 15.3. The van der Waals surface area contributed by atoms with Gasteiger partial charge < -0.3 is 0 Å². The second-order valence-electron chi connectivity index (χ2n) is 18.6.